The van der Waals surface area contributed by atoms with Crippen molar-refractivity contribution in [3.8, 4) is 0 Å². The molecule has 4 heteroatoms. The smallest absolute Gasteiger partial charge is 0.234 e. The fraction of sp³-hybridized carbons (Fsp3) is 0.118. The highest BCUT2D eigenvalue weighted by Crippen LogP contribution is 2.31. The topological polar surface area (TPSA) is 55.1 Å². The van der Waals surface area contributed by atoms with E-state index in [1.54, 1.807) is 0 Å². The van der Waals surface area contributed by atoms with Crippen LogP contribution in [-0.4, -0.2) is 5.91 Å². The molecule has 0 spiro atoms. The minimum Gasteiger partial charge on any atom is -0.294 e. The van der Waals surface area contributed by atoms with E-state index in [9.17, 15) is 4.79 Å². The van der Waals surface area contributed by atoms with Gasteiger partial charge in [0.05, 0.1) is 0 Å². The van der Waals surface area contributed by atoms with Gasteiger partial charge in [0.2, 0.25) is 5.91 Å². The predicted octanol–water partition coefficient (Wildman–Crippen LogP) is 3.45. The Bertz CT molecular complexity index is 582. The summed E-state index contributed by atoms with van der Waals surface area (Å²) in [6.45, 7) is 0. The first-order valence-corrected chi connectivity index (χ1v) is 7.09. The zero-order valence-corrected chi connectivity index (χ0v) is 12.3. The fourth-order valence-electron chi connectivity index (χ4n) is 2.11. The second kappa shape index (κ2) is 7.62. The molecular weight excluding hydrogens is 284 g/mol. The normalized spacial score (nSPS) is 10.0. The molecule has 3 nitrogen and oxygen atoms in total. The Morgan fingerprint density at radius 3 is 1.81 bits per heavy atom. The average molecular weight is 301 g/mol. The van der Waals surface area contributed by atoms with Crippen molar-refractivity contribution in [2.45, 2.75) is 12.8 Å². The van der Waals surface area contributed by atoms with Gasteiger partial charge in [-0.15, -0.1) is 0 Å². The van der Waals surface area contributed by atoms with E-state index >= 15 is 0 Å². The standard InChI is InChI=1S/C17H17ClN2O/c18-15(11-12-16(21)20-19)17(13-7-3-1-4-8-13)14-9-5-2-6-10-14/h1-10H,11-12,19H2,(H,20,21). The summed E-state index contributed by atoms with van der Waals surface area (Å²) in [5.74, 6) is 4.87. The van der Waals surface area contributed by atoms with Gasteiger partial charge in [0.1, 0.15) is 0 Å². The van der Waals surface area contributed by atoms with Crippen molar-refractivity contribution in [2.24, 2.45) is 5.84 Å². The minimum absolute atomic E-state index is 0.228. The van der Waals surface area contributed by atoms with Crippen LogP contribution < -0.4 is 11.3 Å². The molecule has 0 unspecified atom stereocenters. The van der Waals surface area contributed by atoms with Crippen molar-refractivity contribution >= 4 is 23.1 Å². The monoisotopic (exact) mass is 300 g/mol. The molecule has 2 rings (SSSR count). The Balaban J connectivity index is 2.39. The molecule has 0 heterocycles. The Kier molecular flexibility index (Phi) is 5.55. The van der Waals surface area contributed by atoms with Crippen LogP contribution in [-0.2, 0) is 4.79 Å². The van der Waals surface area contributed by atoms with E-state index in [0.717, 1.165) is 16.7 Å². The number of hydrazine groups is 1. The third kappa shape index (κ3) is 4.18. The van der Waals surface area contributed by atoms with Crippen LogP contribution in [0.25, 0.3) is 5.57 Å². The summed E-state index contributed by atoms with van der Waals surface area (Å²) < 4.78 is 0. The lowest BCUT2D eigenvalue weighted by Crippen LogP contribution is -2.29. The number of nitrogens with two attached hydrogens (primary N) is 1. The van der Waals surface area contributed by atoms with Gasteiger partial charge < -0.3 is 0 Å². The number of carbonyl (C=O) groups excluding carboxylic acids is 1. The minimum atomic E-state index is -0.228. The lowest BCUT2D eigenvalue weighted by molar-refractivity contribution is -0.121. The van der Waals surface area contributed by atoms with Crippen molar-refractivity contribution in [3.63, 3.8) is 0 Å². The molecule has 0 aromatic heterocycles. The molecule has 0 aliphatic carbocycles. The largest absolute Gasteiger partial charge is 0.294 e. The number of hydrogen-bond donors (Lipinski definition) is 2. The molecule has 0 radical (unpaired) electrons. The lowest BCUT2D eigenvalue weighted by atomic mass is 9.96. The number of amides is 1. The van der Waals surface area contributed by atoms with E-state index in [0.29, 0.717) is 11.5 Å². The maximum atomic E-state index is 11.3. The fourth-order valence-corrected chi connectivity index (χ4v) is 2.42. The molecule has 2 aromatic rings. The van der Waals surface area contributed by atoms with Crippen molar-refractivity contribution in [1.29, 1.82) is 0 Å². The quantitative estimate of drug-likeness (QED) is 0.505. The van der Waals surface area contributed by atoms with Crippen molar-refractivity contribution in [2.75, 3.05) is 0 Å². The number of carbonyl (C=O) groups is 1. The predicted molar refractivity (Wildman–Crippen MR) is 86.3 cm³/mol. The summed E-state index contributed by atoms with van der Waals surface area (Å²) in [6, 6.07) is 19.8. The molecule has 0 saturated carbocycles. The molecule has 21 heavy (non-hydrogen) atoms. The zero-order valence-electron chi connectivity index (χ0n) is 11.6. The summed E-state index contributed by atoms with van der Waals surface area (Å²) in [4.78, 5) is 11.3. The van der Waals surface area contributed by atoms with Gasteiger partial charge in [0, 0.05) is 17.0 Å². The van der Waals surface area contributed by atoms with Gasteiger partial charge in [-0.2, -0.15) is 0 Å². The van der Waals surface area contributed by atoms with Crippen LogP contribution in [0, 0.1) is 0 Å². The number of benzene rings is 2. The molecule has 108 valence electrons. The maximum absolute atomic E-state index is 11.3. The Labute approximate surface area is 129 Å². The molecule has 0 aliphatic heterocycles. The van der Waals surface area contributed by atoms with Gasteiger partial charge in [-0.3, -0.25) is 10.2 Å². The van der Waals surface area contributed by atoms with Crippen LogP contribution in [0.1, 0.15) is 24.0 Å². The van der Waals surface area contributed by atoms with E-state index < -0.39 is 0 Å². The Morgan fingerprint density at radius 1 is 0.905 bits per heavy atom. The number of rotatable bonds is 5. The SMILES string of the molecule is NNC(=O)CCC(Cl)=C(c1ccccc1)c1ccccc1. The van der Waals surface area contributed by atoms with Gasteiger partial charge in [-0.1, -0.05) is 72.3 Å². The molecule has 2 aromatic carbocycles. The summed E-state index contributed by atoms with van der Waals surface area (Å²) >= 11 is 6.48. The molecule has 0 saturated heterocycles. The first-order chi connectivity index (χ1) is 10.2. The Hall–Kier alpha value is -2.10. The second-order valence-corrected chi connectivity index (χ2v) is 5.04. The average Bonchev–Trinajstić information content (AvgIpc) is 2.55. The molecule has 0 bridgehead atoms. The highest BCUT2D eigenvalue weighted by atomic mass is 35.5. The number of allylic oxidation sites excluding steroid dienone is 1. The third-order valence-electron chi connectivity index (χ3n) is 3.13. The van der Waals surface area contributed by atoms with Gasteiger partial charge in [-0.05, 0) is 17.5 Å². The molecule has 0 atom stereocenters. The summed E-state index contributed by atoms with van der Waals surface area (Å²) in [6.07, 6.45) is 0.711. The number of hydrogen-bond acceptors (Lipinski definition) is 2. The van der Waals surface area contributed by atoms with E-state index in [1.807, 2.05) is 60.7 Å². The van der Waals surface area contributed by atoms with Crippen LogP contribution in [0.15, 0.2) is 65.7 Å². The first kappa shape index (κ1) is 15.3. The van der Waals surface area contributed by atoms with Gasteiger partial charge >= 0.3 is 0 Å². The highest BCUT2D eigenvalue weighted by Gasteiger charge is 2.11. The van der Waals surface area contributed by atoms with Crippen molar-refractivity contribution < 1.29 is 4.79 Å². The Morgan fingerprint density at radius 2 is 1.38 bits per heavy atom. The first-order valence-electron chi connectivity index (χ1n) is 6.71. The van der Waals surface area contributed by atoms with Crippen LogP contribution in [0.5, 0.6) is 0 Å². The van der Waals surface area contributed by atoms with Crippen LogP contribution in [0.3, 0.4) is 0 Å². The van der Waals surface area contributed by atoms with Crippen LogP contribution in [0.4, 0.5) is 0 Å². The number of nitrogens with one attached hydrogen (secondary N) is 1. The van der Waals surface area contributed by atoms with E-state index in [2.05, 4.69) is 5.43 Å². The summed E-state index contributed by atoms with van der Waals surface area (Å²) in [5, 5.41) is 0.649. The second-order valence-electron chi connectivity index (χ2n) is 4.58. The van der Waals surface area contributed by atoms with Gasteiger partial charge in [0.15, 0.2) is 0 Å². The van der Waals surface area contributed by atoms with Crippen LogP contribution in [0.2, 0.25) is 0 Å². The summed E-state index contributed by atoms with van der Waals surface area (Å²) in [5.41, 5.74) is 5.12. The molecular formula is C17H17ClN2O. The van der Waals surface area contributed by atoms with E-state index in [1.165, 1.54) is 0 Å². The van der Waals surface area contributed by atoms with E-state index in [-0.39, 0.29) is 12.3 Å². The molecule has 1 amide bonds. The van der Waals surface area contributed by atoms with Crippen LogP contribution >= 0.6 is 11.6 Å². The van der Waals surface area contributed by atoms with E-state index in [4.69, 9.17) is 17.4 Å². The molecule has 3 N–H and O–H groups in total. The van der Waals surface area contributed by atoms with Crippen molar-refractivity contribution in [1.82, 2.24) is 5.43 Å². The van der Waals surface area contributed by atoms with Crippen molar-refractivity contribution in [3.05, 3.63) is 76.8 Å². The number of halogens is 1. The highest BCUT2D eigenvalue weighted by molar-refractivity contribution is 6.33. The molecule has 0 fully saturated rings. The summed E-state index contributed by atoms with van der Waals surface area (Å²) in [7, 11) is 0. The van der Waals surface area contributed by atoms with Gasteiger partial charge in [-0.25, -0.2) is 5.84 Å². The zero-order chi connectivity index (χ0) is 15.1. The lowest BCUT2D eigenvalue weighted by Gasteiger charge is -2.12. The molecule has 0 aliphatic rings. The maximum Gasteiger partial charge on any atom is 0.234 e. The van der Waals surface area contributed by atoms with Gasteiger partial charge in [0.25, 0.3) is 0 Å². The third-order valence-corrected chi connectivity index (χ3v) is 3.51.